The molecule has 1 aliphatic rings. The number of amides is 1. The molecule has 1 N–H and O–H groups in total. The van der Waals surface area contributed by atoms with Gasteiger partial charge in [0.05, 0.1) is 11.4 Å². The molecule has 168 valence electrons. The molecule has 1 heterocycles. The van der Waals surface area contributed by atoms with E-state index in [-0.39, 0.29) is 36.6 Å². The molecule has 0 aliphatic carbocycles. The number of carbonyl (C=O) groups is 1. The third kappa shape index (κ3) is 6.78. The van der Waals surface area contributed by atoms with E-state index >= 15 is 0 Å². The minimum absolute atomic E-state index is 0.0391. The number of halogens is 3. The maximum absolute atomic E-state index is 12.9. The quantitative estimate of drug-likeness (QED) is 0.727. The largest absolute Gasteiger partial charge is 0.401 e. The van der Waals surface area contributed by atoms with Crippen LogP contribution in [0, 0.1) is 0 Å². The van der Waals surface area contributed by atoms with Crippen molar-refractivity contribution < 1.29 is 26.4 Å². The lowest BCUT2D eigenvalue weighted by molar-refractivity contribution is -0.145. The summed E-state index contributed by atoms with van der Waals surface area (Å²) in [5.74, 6) is -0.394. The van der Waals surface area contributed by atoms with Gasteiger partial charge < -0.3 is 4.90 Å². The topological polar surface area (TPSA) is 69.7 Å². The highest BCUT2D eigenvalue weighted by Crippen LogP contribution is 2.19. The fraction of sp³-hybridized carbons (Fsp3) is 0.381. The van der Waals surface area contributed by atoms with E-state index in [1.165, 1.54) is 34.1 Å². The van der Waals surface area contributed by atoms with Crippen LogP contribution in [0.2, 0.25) is 0 Å². The van der Waals surface area contributed by atoms with Gasteiger partial charge in [-0.15, -0.1) is 0 Å². The first-order valence-electron chi connectivity index (χ1n) is 9.86. The van der Waals surface area contributed by atoms with E-state index in [9.17, 15) is 26.4 Å². The zero-order valence-corrected chi connectivity index (χ0v) is 17.6. The Hall–Kier alpha value is -2.43. The average molecular weight is 456 g/mol. The van der Waals surface area contributed by atoms with Crippen molar-refractivity contribution in [3.63, 3.8) is 0 Å². The second-order valence-corrected chi connectivity index (χ2v) is 9.14. The van der Waals surface area contributed by atoms with Gasteiger partial charge in [-0.05, 0) is 30.2 Å². The summed E-state index contributed by atoms with van der Waals surface area (Å²) >= 11 is 0. The number of nitrogens with one attached hydrogen (secondary N) is 1. The van der Waals surface area contributed by atoms with Crippen LogP contribution < -0.4 is 4.72 Å². The Labute approximate surface area is 179 Å². The van der Waals surface area contributed by atoms with Gasteiger partial charge in [-0.2, -0.15) is 13.2 Å². The first-order valence-corrected chi connectivity index (χ1v) is 11.3. The molecule has 1 fully saturated rings. The number of carbonyl (C=O) groups excluding carboxylic acids is 1. The molecular weight excluding hydrogens is 431 g/mol. The lowest BCUT2D eigenvalue weighted by atomic mass is 10.2. The Morgan fingerprint density at radius 1 is 0.968 bits per heavy atom. The van der Waals surface area contributed by atoms with Crippen LogP contribution in [0.15, 0.2) is 59.5 Å². The van der Waals surface area contributed by atoms with Crippen molar-refractivity contribution in [2.45, 2.75) is 24.0 Å². The molecule has 10 heteroatoms. The van der Waals surface area contributed by atoms with E-state index in [2.05, 4.69) is 4.72 Å². The molecule has 2 aromatic carbocycles. The molecule has 0 unspecified atom stereocenters. The molecule has 1 amide bonds. The molecule has 0 bridgehead atoms. The summed E-state index contributed by atoms with van der Waals surface area (Å²) in [6.45, 7) is -0.0596. The Bertz CT molecular complexity index is 998. The summed E-state index contributed by atoms with van der Waals surface area (Å²) in [5.41, 5.74) is 0.984. The molecule has 1 saturated heterocycles. The van der Waals surface area contributed by atoms with Crippen molar-refractivity contribution in [2.24, 2.45) is 0 Å². The molecule has 0 saturated carbocycles. The molecule has 0 spiro atoms. The number of benzene rings is 2. The number of rotatable bonds is 6. The van der Waals surface area contributed by atoms with E-state index < -0.39 is 28.7 Å². The summed E-state index contributed by atoms with van der Waals surface area (Å²) in [6, 6.07) is 14.7. The van der Waals surface area contributed by atoms with Crippen molar-refractivity contribution in [1.29, 1.82) is 0 Å². The number of hydrogen-bond acceptors (Lipinski definition) is 4. The third-order valence-corrected chi connectivity index (χ3v) is 6.38. The van der Waals surface area contributed by atoms with E-state index in [0.29, 0.717) is 13.0 Å². The molecular formula is C21H24F3N3O3S. The number of nitrogens with zero attached hydrogens (tertiary/aromatic N) is 2. The molecule has 6 nitrogen and oxygen atoms in total. The Morgan fingerprint density at radius 2 is 1.71 bits per heavy atom. The normalized spacial score (nSPS) is 16.2. The van der Waals surface area contributed by atoms with E-state index in [1.807, 2.05) is 6.07 Å². The minimum Gasteiger partial charge on any atom is -0.337 e. The molecule has 0 atom stereocenters. The smallest absolute Gasteiger partial charge is 0.337 e. The number of hydrogen-bond donors (Lipinski definition) is 1. The maximum Gasteiger partial charge on any atom is 0.401 e. The summed E-state index contributed by atoms with van der Waals surface area (Å²) in [4.78, 5) is 15.6. The highest BCUT2D eigenvalue weighted by atomic mass is 32.2. The van der Waals surface area contributed by atoms with Crippen LogP contribution in [0.1, 0.15) is 22.3 Å². The van der Waals surface area contributed by atoms with Crippen LogP contribution in [-0.4, -0.2) is 63.0 Å². The molecule has 1 aliphatic heterocycles. The summed E-state index contributed by atoms with van der Waals surface area (Å²) in [6.07, 6.45) is -3.87. The van der Waals surface area contributed by atoms with E-state index in [1.54, 1.807) is 24.3 Å². The summed E-state index contributed by atoms with van der Waals surface area (Å²) in [7, 11) is -3.84. The Balaban J connectivity index is 1.67. The van der Waals surface area contributed by atoms with Crippen LogP contribution in [0.3, 0.4) is 0 Å². The van der Waals surface area contributed by atoms with Crippen LogP contribution in [0.4, 0.5) is 13.2 Å². The zero-order chi connectivity index (χ0) is 22.5. The van der Waals surface area contributed by atoms with Gasteiger partial charge in [-0.1, -0.05) is 36.4 Å². The van der Waals surface area contributed by atoms with Gasteiger partial charge in [-0.25, -0.2) is 13.1 Å². The highest BCUT2D eigenvalue weighted by Gasteiger charge is 2.32. The van der Waals surface area contributed by atoms with Crippen LogP contribution in [-0.2, 0) is 16.6 Å². The first-order chi connectivity index (χ1) is 14.6. The fourth-order valence-electron chi connectivity index (χ4n) is 3.42. The second kappa shape index (κ2) is 9.80. The summed E-state index contributed by atoms with van der Waals surface area (Å²) in [5, 5.41) is 0. The van der Waals surface area contributed by atoms with Crippen molar-refractivity contribution in [1.82, 2.24) is 14.5 Å². The number of sulfonamides is 1. The molecule has 31 heavy (non-hydrogen) atoms. The highest BCUT2D eigenvalue weighted by molar-refractivity contribution is 7.89. The lowest BCUT2D eigenvalue weighted by Gasteiger charge is -2.23. The predicted molar refractivity (Wildman–Crippen MR) is 110 cm³/mol. The zero-order valence-electron chi connectivity index (χ0n) is 16.8. The van der Waals surface area contributed by atoms with Gasteiger partial charge in [0.15, 0.2) is 0 Å². The van der Waals surface area contributed by atoms with E-state index in [0.717, 1.165) is 5.56 Å². The van der Waals surface area contributed by atoms with Crippen molar-refractivity contribution in [2.75, 3.05) is 32.7 Å². The molecule has 3 rings (SSSR count). The van der Waals surface area contributed by atoms with Crippen molar-refractivity contribution in [3.05, 3.63) is 65.7 Å². The predicted octanol–water partition coefficient (Wildman–Crippen LogP) is 2.88. The number of alkyl halides is 3. The lowest BCUT2D eigenvalue weighted by Crippen LogP contribution is -2.38. The van der Waals surface area contributed by atoms with Crippen molar-refractivity contribution >= 4 is 15.9 Å². The van der Waals surface area contributed by atoms with Gasteiger partial charge in [0.25, 0.3) is 5.91 Å². The monoisotopic (exact) mass is 455 g/mol. The maximum atomic E-state index is 12.9. The molecule has 2 aromatic rings. The van der Waals surface area contributed by atoms with Gasteiger partial charge in [0.1, 0.15) is 0 Å². The molecule has 0 aromatic heterocycles. The average Bonchev–Trinajstić information content (AvgIpc) is 2.97. The van der Waals surface area contributed by atoms with Gasteiger partial charge in [0.2, 0.25) is 10.0 Å². The van der Waals surface area contributed by atoms with Gasteiger partial charge in [-0.3, -0.25) is 9.69 Å². The SMILES string of the molecule is O=C(c1cccc(S(=O)(=O)NCc2ccccc2)c1)N1CCCN(CC(F)(F)F)CC1. The minimum atomic E-state index is -4.28. The van der Waals surface area contributed by atoms with Crippen LogP contribution in [0.5, 0.6) is 0 Å². The standard InChI is InChI=1S/C21H24F3N3O3S/c22-21(23,24)16-26-10-5-11-27(13-12-26)20(28)18-8-4-9-19(14-18)31(29,30)25-15-17-6-2-1-3-7-17/h1-4,6-9,14,25H,5,10-13,15-16H2. The first kappa shape index (κ1) is 23.2. The fourth-order valence-corrected chi connectivity index (χ4v) is 4.49. The Morgan fingerprint density at radius 3 is 2.42 bits per heavy atom. The van der Waals surface area contributed by atoms with Crippen LogP contribution >= 0.6 is 0 Å². The van der Waals surface area contributed by atoms with Crippen LogP contribution in [0.25, 0.3) is 0 Å². The van der Waals surface area contributed by atoms with Gasteiger partial charge >= 0.3 is 6.18 Å². The molecule has 0 radical (unpaired) electrons. The Kier molecular flexibility index (Phi) is 7.34. The summed E-state index contributed by atoms with van der Waals surface area (Å²) < 4.78 is 65.7. The van der Waals surface area contributed by atoms with E-state index in [4.69, 9.17) is 0 Å². The third-order valence-electron chi connectivity index (χ3n) is 4.98. The van der Waals surface area contributed by atoms with Crippen molar-refractivity contribution in [3.8, 4) is 0 Å². The second-order valence-electron chi connectivity index (χ2n) is 7.38. The van der Waals surface area contributed by atoms with Gasteiger partial charge in [0, 0.05) is 38.3 Å².